The average molecular weight is 335 g/mol. The van der Waals surface area contributed by atoms with E-state index >= 15 is 0 Å². The van der Waals surface area contributed by atoms with E-state index in [0.29, 0.717) is 19.5 Å². The van der Waals surface area contributed by atoms with Gasteiger partial charge in [0.05, 0.1) is 12.6 Å². The molecule has 0 radical (unpaired) electrons. The van der Waals surface area contributed by atoms with Crippen LogP contribution in [0.4, 0.5) is 13.2 Å². The molecule has 1 saturated heterocycles. The van der Waals surface area contributed by atoms with Crippen LogP contribution in [-0.2, 0) is 0 Å². The lowest BCUT2D eigenvalue weighted by Gasteiger charge is -2.24. The maximum Gasteiger partial charge on any atom is 0.401 e. The van der Waals surface area contributed by atoms with Gasteiger partial charge in [0.1, 0.15) is 0 Å². The van der Waals surface area contributed by atoms with Gasteiger partial charge in [-0.25, -0.2) is 0 Å². The highest BCUT2D eigenvalue weighted by molar-refractivity contribution is 5.30. The van der Waals surface area contributed by atoms with Crippen LogP contribution in [0, 0.1) is 0 Å². The number of hydrogen-bond acceptors (Lipinski definition) is 3. The zero-order valence-electron chi connectivity index (χ0n) is 13.2. The molecule has 24 heavy (non-hydrogen) atoms. The molecule has 1 aliphatic heterocycles. The largest absolute Gasteiger partial charge is 0.401 e. The number of nitrogens with zero attached hydrogens (tertiary/aromatic N) is 2. The first-order valence-electron chi connectivity index (χ1n) is 8.01. The molecule has 3 rings (SSSR count). The first-order chi connectivity index (χ1) is 11.5. The van der Waals surface area contributed by atoms with Crippen molar-refractivity contribution in [2.45, 2.75) is 24.7 Å². The standard InChI is InChI=1S/C18H20F3N3/c19-18(20,21)13-24-11-8-16(12-24)23-17(14-4-2-1-3-5-14)15-6-9-22-10-7-15/h1-7,9-10,16-17,23H,8,11-13H2/t16-,17+/m0/s1. The molecule has 1 aromatic carbocycles. The minimum atomic E-state index is -4.14. The lowest BCUT2D eigenvalue weighted by molar-refractivity contribution is -0.143. The van der Waals surface area contributed by atoms with E-state index in [9.17, 15) is 13.2 Å². The molecule has 0 saturated carbocycles. The van der Waals surface area contributed by atoms with Crippen LogP contribution < -0.4 is 5.32 Å². The number of pyridine rings is 1. The van der Waals surface area contributed by atoms with E-state index in [2.05, 4.69) is 10.3 Å². The topological polar surface area (TPSA) is 28.2 Å². The van der Waals surface area contributed by atoms with Crippen LogP contribution in [0.2, 0.25) is 0 Å². The Balaban J connectivity index is 1.72. The van der Waals surface area contributed by atoms with Gasteiger partial charge in [-0.05, 0) is 29.7 Å². The Morgan fingerprint density at radius 3 is 2.42 bits per heavy atom. The van der Waals surface area contributed by atoms with E-state index in [4.69, 9.17) is 0 Å². The smallest absolute Gasteiger partial charge is 0.302 e. The summed E-state index contributed by atoms with van der Waals surface area (Å²) in [5, 5.41) is 3.53. The highest BCUT2D eigenvalue weighted by atomic mass is 19.4. The number of hydrogen-bond donors (Lipinski definition) is 1. The van der Waals surface area contributed by atoms with Crippen molar-refractivity contribution in [2.24, 2.45) is 0 Å². The highest BCUT2D eigenvalue weighted by Gasteiger charge is 2.35. The van der Waals surface area contributed by atoms with Gasteiger partial charge in [-0.1, -0.05) is 30.3 Å². The molecule has 2 aromatic rings. The lowest BCUT2D eigenvalue weighted by Crippen LogP contribution is -2.38. The van der Waals surface area contributed by atoms with Crippen LogP contribution in [0.1, 0.15) is 23.6 Å². The van der Waals surface area contributed by atoms with Crippen LogP contribution in [0.15, 0.2) is 54.9 Å². The second kappa shape index (κ2) is 7.32. The molecule has 1 aliphatic rings. The summed E-state index contributed by atoms with van der Waals surface area (Å²) in [5.74, 6) is 0. The summed E-state index contributed by atoms with van der Waals surface area (Å²) < 4.78 is 37.7. The maximum absolute atomic E-state index is 12.6. The quantitative estimate of drug-likeness (QED) is 0.908. The summed E-state index contributed by atoms with van der Waals surface area (Å²) in [5.41, 5.74) is 2.16. The van der Waals surface area contributed by atoms with Crippen molar-refractivity contribution in [3.05, 3.63) is 66.0 Å². The summed E-state index contributed by atoms with van der Waals surface area (Å²) in [4.78, 5) is 5.51. The van der Waals surface area contributed by atoms with E-state index in [1.54, 1.807) is 12.4 Å². The minimum Gasteiger partial charge on any atom is -0.302 e. The number of likely N-dealkylation sites (tertiary alicyclic amines) is 1. The van der Waals surface area contributed by atoms with Crippen LogP contribution in [0.3, 0.4) is 0 Å². The molecule has 0 amide bonds. The van der Waals surface area contributed by atoms with Gasteiger partial charge < -0.3 is 5.32 Å². The molecule has 1 fully saturated rings. The minimum absolute atomic E-state index is 0.0331. The Labute approximate surface area is 139 Å². The highest BCUT2D eigenvalue weighted by Crippen LogP contribution is 2.25. The Bertz CT molecular complexity index is 591. The molecule has 1 aromatic heterocycles. The predicted octanol–water partition coefficient (Wildman–Crippen LogP) is 3.40. The SMILES string of the molecule is FC(F)(F)CN1CC[C@H](N[C@H](c2ccccc2)c2ccncc2)C1. The number of aromatic nitrogens is 1. The summed E-state index contributed by atoms with van der Waals surface area (Å²) in [6.45, 7) is 0.0411. The van der Waals surface area contributed by atoms with Gasteiger partial charge in [-0.3, -0.25) is 9.88 Å². The molecule has 0 bridgehead atoms. The van der Waals surface area contributed by atoms with Gasteiger partial charge >= 0.3 is 6.18 Å². The first-order valence-corrected chi connectivity index (χ1v) is 8.01. The van der Waals surface area contributed by atoms with Crippen LogP contribution in [0.25, 0.3) is 0 Å². The van der Waals surface area contributed by atoms with Gasteiger partial charge in [-0.2, -0.15) is 13.2 Å². The van der Waals surface area contributed by atoms with Crippen molar-refractivity contribution < 1.29 is 13.2 Å². The number of alkyl halides is 3. The molecule has 0 spiro atoms. The Morgan fingerprint density at radius 2 is 1.75 bits per heavy atom. The van der Waals surface area contributed by atoms with Crippen molar-refractivity contribution in [3.8, 4) is 0 Å². The van der Waals surface area contributed by atoms with Crippen LogP contribution in [-0.4, -0.2) is 41.7 Å². The summed E-state index contributed by atoms with van der Waals surface area (Å²) in [6.07, 6.45) is 0.0401. The van der Waals surface area contributed by atoms with Crippen LogP contribution >= 0.6 is 0 Å². The van der Waals surface area contributed by atoms with Crippen molar-refractivity contribution in [1.82, 2.24) is 15.2 Å². The van der Waals surface area contributed by atoms with E-state index < -0.39 is 12.7 Å². The van der Waals surface area contributed by atoms with Gasteiger partial charge in [0.2, 0.25) is 0 Å². The lowest BCUT2D eigenvalue weighted by atomic mass is 9.98. The van der Waals surface area contributed by atoms with Crippen molar-refractivity contribution in [3.63, 3.8) is 0 Å². The molecule has 2 heterocycles. The molecule has 128 valence electrons. The first kappa shape index (κ1) is 16.9. The number of rotatable bonds is 5. The summed E-state index contributed by atoms with van der Waals surface area (Å²) >= 11 is 0. The zero-order valence-corrected chi connectivity index (χ0v) is 13.2. The zero-order chi connectivity index (χ0) is 17.0. The number of benzene rings is 1. The second-order valence-corrected chi connectivity index (χ2v) is 6.13. The van der Waals surface area contributed by atoms with Gasteiger partial charge in [-0.15, -0.1) is 0 Å². The predicted molar refractivity (Wildman–Crippen MR) is 86.6 cm³/mol. The van der Waals surface area contributed by atoms with Gasteiger partial charge in [0.25, 0.3) is 0 Å². The molecule has 3 nitrogen and oxygen atoms in total. The normalized spacial score (nSPS) is 20.2. The fraction of sp³-hybridized carbons (Fsp3) is 0.389. The number of nitrogens with one attached hydrogen (secondary N) is 1. The van der Waals surface area contributed by atoms with Crippen molar-refractivity contribution >= 4 is 0 Å². The fourth-order valence-electron chi connectivity index (χ4n) is 3.19. The second-order valence-electron chi connectivity index (χ2n) is 6.13. The van der Waals surface area contributed by atoms with Crippen molar-refractivity contribution in [2.75, 3.05) is 19.6 Å². The monoisotopic (exact) mass is 335 g/mol. The Hall–Kier alpha value is -1.92. The van der Waals surface area contributed by atoms with Gasteiger partial charge in [0.15, 0.2) is 0 Å². The average Bonchev–Trinajstić information content (AvgIpc) is 2.99. The van der Waals surface area contributed by atoms with E-state index in [0.717, 1.165) is 11.1 Å². The molecule has 0 unspecified atom stereocenters. The van der Waals surface area contributed by atoms with E-state index in [1.807, 2.05) is 42.5 Å². The molecule has 6 heteroatoms. The number of halogens is 3. The third kappa shape index (κ3) is 4.55. The third-order valence-corrected chi connectivity index (χ3v) is 4.25. The molecule has 0 aliphatic carbocycles. The molecular formula is C18H20F3N3. The summed E-state index contributed by atoms with van der Waals surface area (Å²) in [6, 6.07) is 13.8. The Kier molecular flexibility index (Phi) is 5.16. The van der Waals surface area contributed by atoms with E-state index in [-0.39, 0.29) is 12.1 Å². The molecule has 1 N–H and O–H groups in total. The maximum atomic E-state index is 12.6. The summed E-state index contributed by atoms with van der Waals surface area (Å²) in [7, 11) is 0. The van der Waals surface area contributed by atoms with Gasteiger partial charge in [0, 0.05) is 31.5 Å². The van der Waals surface area contributed by atoms with E-state index in [1.165, 1.54) is 4.90 Å². The van der Waals surface area contributed by atoms with Crippen molar-refractivity contribution in [1.29, 1.82) is 0 Å². The molecular weight excluding hydrogens is 315 g/mol. The molecule has 2 atom stereocenters. The fourth-order valence-corrected chi connectivity index (χ4v) is 3.19. The Morgan fingerprint density at radius 1 is 1.08 bits per heavy atom. The van der Waals surface area contributed by atoms with Crippen LogP contribution in [0.5, 0.6) is 0 Å². The third-order valence-electron chi connectivity index (χ3n) is 4.25.